The second-order valence-corrected chi connectivity index (χ2v) is 7.07. The summed E-state index contributed by atoms with van der Waals surface area (Å²) in [6, 6.07) is 0. The molecule has 3 unspecified atom stereocenters. The third-order valence-corrected chi connectivity index (χ3v) is 5.72. The van der Waals surface area contributed by atoms with Gasteiger partial charge >= 0.3 is 0 Å². The lowest BCUT2D eigenvalue weighted by molar-refractivity contribution is -0.0636. The highest BCUT2D eigenvalue weighted by atomic mass is 127. The number of rotatable bonds is 4. The maximum Gasteiger partial charge on any atom is 0.0696 e. The minimum absolute atomic E-state index is 0.550. The summed E-state index contributed by atoms with van der Waals surface area (Å²) >= 11 is 2.62. The first kappa shape index (κ1) is 13.1. The third-order valence-electron chi connectivity index (χ3n) is 4.30. The van der Waals surface area contributed by atoms with Crippen LogP contribution in [-0.4, -0.2) is 16.1 Å². The smallest absolute Gasteiger partial charge is 0.0696 e. The molecule has 0 aliphatic heterocycles. The van der Waals surface area contributed by atoms with E-state index in [2.05, 4.69) is 29.5 Å². The molecule has 0 aromatic carbocycles. The van der Waals surface area contributed by atoms with Crippen molar-refractivity contribution in [2.24, 2.45) is 5.92 Å². The molecule has 0 aromatic heterocycles. The molecule has 2 aliphatic rings. The quantitative estimate of drug-likeness (QED) is 0.410. The lowest BCUT2D eigenvalue weighted by Gasteiger charge is -2.36. The van der Waals surface area contributed by atoms with Gasteiger partial charge in [-0.3, -0.25) is 0 Å². The normalized spacial score (nSPS) is 34.1. The summed E-state index contributed by atoms with van der Waals surface area (Å²) in [6.07, 6.45) is 13.5. The van der Waals surface area contributed by atoms with Crippen molar-refractivity contribution < 1.29 is 4.74 Å². The maximum atomic E-state index is 6.43. The molecular weight excluding hydrogens is 311 g/mol. The van der Waals surface area contributed by atoms with Gasteiger partial charge in [0.05, 0.1) is 12.2 Å². The molecule has 2 heteroatoms. The predicted molar refractivity (Wildman–Crippen MR) is 77.2 cm³/mol. The number of hydrogen-bond donors (Lipinski definition) is 0. The number of ether oxygens (including phenoxy) is 1. The third kappa shape index (κ3) is 3.34. The Balaban J connectivity index is 1.84. The van der Waals surface area contributed by atoms with Crippen molar-refractivity contribution in [3.05, 3.63) is 0 Å². The zero-order chi connectivity index (χ0) is 11.4. The lowest BCUT2D eigenvalue weighted by atomic mass is 9.80. The molecule has 2 rings (SSSR count). The van der Waals surface area contributed by atoms with E-state index >= 15 is 0 Å². The fraction of sp³-hybridized carbons (Fsp3) is 1.00. The first-order valence-corrected chi connectivity index (χ1v) is 8.35. The van der Waals surface area contributed by atoms with Crippen molar-refractivity contribution >= 4 is 22.6 Å². The molecule has 0 bridgehead atoms. The highest BCUT2D eigenvalue weighted by Gasteiger charge is 2.31. The second kappa shape index (κ2) is 6.58. The highest BCUT2D eigenvalue weighted by molar-refractivity contribution is 14.1. The van der Waals surface area contributed by atoms with Crippen LogP contribution in [0.5, 0.6) is 0 Å². The van der Waals surface area contributed by atoms with Gasteiger partial charge in [-0.25, -0.2) is 0 Å². The Morgan fingerprint density at radius 1 is 1.06 bits per heavy atom. The second-order valence-electron chi connectivity index (χ2n) is 5.47. The van der Waals surface area contributed by atoms with Crippen LogP contribution < -0.4 is 0 Å². The topological polar surface area (TPSA) is 9.23 Å². The van der Waals surface area contributed by atoms with Crippen molar-refractivity contribution in [1.29, 1.82) is 0 Å². The molecule has 2 saturated carbocycles. The Kier molecular flexibility index (Phi) is 5.40. The Hall–Kier alpha value is 0.690. The zero-order valence-corrected chi connectivity index (χ0v) is 12.6. The summed E-state index contributed by atoms with van der Waals surface area (Å²) in [5.74, 6) is 0.886. The first-order valence-electron chi connectivity index (χ1n) is 7.10. The van der Waals surface area contributed by atoms with Crippen molar-refractivity contribution in [2.45, 2.75) is 80.8 Å². The molecule has 0 heterocycles. The van der Waals surface area contributed by atoms with Crippen LogP contribution >= 0.6 is 22.6 Å². The summed E-state index contributed by atoms with van der Waals surface area (Å²) in [7, 11) is 0. The summed E-state index contributed by atoms with van der Waals surface area (Å²) < 4.78 is 7.19. The minimum Gasteiger partial charge on any atom is -0.374 e. The van der Waals surface area contributed by atoms with Gasteiger partial charge in [0, 0.05) is 3.92 Å². The standard InChI is InChI=1S/C14H25IO/c1-2-13(11-7-6-8-11)16-14-10-5-3-4-9-12(14)15/h11-14H,2-10H2,1H3. The minimum atomic E-state index is 0.550. The van der Waals surface area contributed by atoms with Gasteiger partial charge < -0.3 is 4.74 Å². The molecule has 2 fully saturated rings. The molecule has 3 atom stereocenters. The van der Waals surface area contributed by atoms with Gasteiger partial charge in [0.15, 0.2) is 0 Å². The van der Waals surface area contributed by atoms with E-state index in [-0.39, 0.29) is 0 Å². The molecule has 0 saturated heterocycles. The van der Waals surface area contributed by atoms with Crippen molar-refractivity contribution in [3.8, 4) is 0 Å². The van der Waals surface area contributed by atoms with Crippen LogP contribution in [0.1, 0.15) is 64.7 Å². The molecular formula is C14H25IO. The van der Waals surface area contributed by atoms with E-state index in [0.717, 1.165) is 9.84 Å². The van der Waals surface area contributed by atoms with Gasteiger partial charge in [0.2, 0.25) is 0 Å². The Labute approximate surface area is 114 Å². The van der Waals surface area contributed by atoms with Gasteiger partial charge in [0.1, 0.15) is 0 Å². The fourth-order valence-electron chi connectivity index (χ4n) is 2.96. The molecule has 2 aliphatic carbocycles. The number of hydrogen-bond acceptors (Lipinski definition) is 1. The number of alkyl halides is 1. The van der Waals surface area contributed by atoms with Gasteiger partial charge in [-0.05, 0) is 38.0 Å². The van der Waals surface area contributed by atoms with E-state index < -0.39 is 0 Å². The predicted octanol–water partition coefficient (Wildman–Crippen LogP) is 4.72. The molecule has 0 radical (unpaired) electrons. The monoisotopic (exact) mass is 336 g/mol. The highest BCUT2D eigenvalue weighted by Crippen LogP contribution is 2.35. The van der Waals surface area contributed by atoms with Gasteiger partial charge in [-0.15, -0.1) is 0 Å². The van der Waals surface area contributed by atoms with Crippen LogP contribution in [0.3, 0.4) is 0 Å². The van der Waals surface area contributed by atoms with Crippen LogP contribution in [-0.2, 0) is 4.74 Å². The van der Waals surface area contributed by atoms with Crippen LogP contribution in [0.2, 0.25) is 0 Å². The van der Waals surface area contributed by atoms with Crippen molar-refractivity contribution in [3.63, 3.8) is 0 Å². The SMILES string of the molecule is CCC(OC1CCCCCC1I)C1CCC1. The molecule has 16 heavy (non-hydrogen) atoms. The average Bonchev–Trinajstić information content (AvgIpc) is 2.40. The van der Waals surface area contributed by atoms with Gasteiger partial charge in [-0.2, -0.15) is 0 Å². The van der Waals surface area contributed by atoms with E-state index in [1.807, 2.05) is 0 Å². The maximum absolute atomic E-state index is 6.43. The molecule has 1 nitrogen and oxygen atoms in total. The summed E-state index contributed by atoms with van der Waals surface area (Å²) in [6.45, 7) is 2.29. The fourth-order valence-corrected chi connectivity index (χ4v) is 3.93. The van der Waals surface area contributed by atoms with E-state index in [4.69, 9.17) is 4.74 Å². The Morgan fingerprint density at radius 3 is 2.44 bits per heavy atom. The van der Waals surface area contributed by atoms with E-state index in [9.17, 15) is 0 Å². The summed E-state index contributed by atoms with van der Waals surface area (Å²) in [5.41, 5.74) is 0. The molecule has 94 valence electrons. The molecule has 0 amide bonds. The summed E-state index contributed by atoms with van der Waals surface area (Å²) in [5, 5.41) is 0. The zero-order valence-electron chi connectivity index (χ0n) is 10.5. The van der Waals surface area contributed by atoms with Crippen LogP contribution in [0, 0.1) is 5.92 Å². The van der Waals surface area contributed by atoms with Crippen LogP contribution in [0.25, 0.3) is 0 Å². The Morgan fingerprint density at radius 2 is 1.81 bits per heavy atom. The Bertz CT molecular complexity index is 203. The van der Waals surface area contributed by atoms with Crippen molar-refractivity contribution in [2.75, 3.05) is 0 Å². The molecule has 0 N–H and O–H groups in total. The van der Waals surface area contributed by atoms with Crippen molar-refractivity contribution in [1.82, 2.24) is 0 Å². The molecule has 0 spiro atoms. The largest absolute Gasteiger partial charge is 0.374 e. The summed E-state index contributed by atoms with van der Waals surface area (Å²) in [4.78, 5) is 0. The average molecular weight is 336 g/mol. The molecule has 0 aromatic rings. The lowest BCUT2D eigenvalue weighted by Crippen LogP contribution is -2.35. The number of halogens is 1. The van der Waals surface area contributed by atoms with Crippen LogP contribution in [0.15, 0.2) is 0 Å². The van der Waals surface area contributed by atoms with E-state index in [0.29, 0.717) is 12.2 Å². The van der Waals surface area contributed by atoms with Crippen LogP contribution in [0.4, 0.5) is 0 Å². The van der Waals surface area contributed by atoms with E-state index in [1.165, 1.54) is 57.8 Å². The van der Waals surface area contributed by atoms with E-state index in [1.54, 1.807) is 0 Å². The van der Waals surface area contributed by atoms with Gasteiger partial charge in [0.25, 0.3) is 0 Å². The van der Waals surface area contributed by atoms with Gasteiger partial charge in [-0.1, -0.05) is 55.2 Å². The first-order chi connectivity index (χ1) is 7.81.